The molecule has 1 aliphatic rings. The van der Waals surface area contributed by atoms with Gasteiger partial charge in [0.05, 0.1) is 11.3 Å². The number of aliphatic imine (C=N–C) groups is 1. The van der Waals surface area contributed by atoms with E-state index in [1.807, 2.05) is 13.8 Å². The Morgan fingerprint density at radius 3 is 2.55 bits per heavy atom. The second-order valence-electron chi connectivity index (χ2n) is 8.90. The summed E-state index contributed by atoms with van der Waals surface area (Å²) in [5.74, 6) is 4.34. The lowest BCUT2D eigenvalue weighted by Crippen LogP contribution is -2.54. The molecule has 0 spiro atoms. The van der Waals surface area contributed by atoms with Gasteiger partial charge in [0.25, 0.3) is 0 Å². The Balaban J connectivity index is 2.54. The van der Waals surface area contributed by atoms with Gasteiger partial charge in [-0.3, -0.25) is 5.32 Å². The number of hydrogen-bond acceptors (Lipinski definition) is 6. The van der Waals surface area contributed by atoms with Crippen LogP contribution in [0, 0.1) is 23.6 Å². The zero-order valence-electron chi connectivity index (χ0n) is 18.8. The SMILES string of the molecule is CC(C)C#Cc1cc(F)c([C@]2(C)CS(=O)(=O)N(C)C(NC(=O)OC(C)(C)C)=N2)cc1N. The monoisotopic (exact) mass is 452 g/mol. The van der Waals surface area contributed by atoms with Crippen LogP contribution >= 0.6 is 0 Å². The third-order valence-electron chi connectivity index (χ3n) is 4.36. The molecule has 31 heavy (non-hydrogen) atoms. The maximum Gasteiger partial charge on any atom is 0.414 e. The second kappa shape index (κ2) is 8.38. The van der Waals surface area contributed by atoms with Gasteiger partial charge in [0.15, 0.2) is 0 Å². The van der Waals surface area contributed by atoms with E-state index in [0.29, 0.717) is 5.56 Å². The molecule has 10 heteroatoms. The topological polar surface area (TPSA) is 114 Å². The van der Waals surface area contributed by atoms with Gasteiger partial charge in [0.1, 0.15) is 17.0 Å². The summed E-state index contributed by atoms with van der Waals surface area (Å²) >= 11 is 0. The number of alkyl carbamates (subject to hydrolysis) is 1. The first-order valence-corrected chi connectivity index (χ1v) is 11.3. The van der Waals surface area contributed by atoms with Crippen molar-refractivity contribution >= 4 is 27.8 Å². The number of guanidine groups is 1. The Labute approximate surface area is 183 Å². The smallest absolute Gasteiger partial charge is 0.414 e. The Kier molecular flexibility index (Phi) is 6.62. The minimum Gasteiger partial charge on any atom is -0.444 e. The molecule has 1 amide bonds. The fourth-order valence-corrected chi connectivity index (χ4v) is 4.37. The van der Waals surface area contributed by atoms with Crippen molar-refractivity contribution in [3.63, 3.8) is 0 Å². The molecule has 8 nitrogen and oxygen atoms in total. The molecular formula is C21H29FN4O4S. The zero-order chi connectivity index (χ0) is 23.8. The van der Waals surface area contributed by atoms with Crippen molar-refractivity contribution < 1.29 is 22.3 Å². The minimum atomic E-state index is -3.92. The van der Waals surface area contributed by atoms with Gasteiger partial charge in [-0.25, -0.2) is 26.9 Å². The molecule has 1 aromatic rings. The molecule has 0 saturated carbocycles. The van der Waals surface area contributed by atoms with E-state index in [1.165, 1.54) is 26.1 Å². The Bertz CT molecular complexity index is 1080. The molecule has 0 bridgehead atoms. The lowest BCUT2D eigenvalue weighted by molar-refractivity contribution is 0.0559. The van der Waals surface area contributed by atoms with Gasteiger partial charge in [0.2, 0.25) is 16.0 Å². The summed E-state index contributed by atoms with van der Waals surface area (Å²) in [5, 5.41) is 2.34. The first-order chi connectivity index (χ1) is 14.0. The summed E-state index contributed by atoms with van der Waals surface area (Å²) in [7, 11) is -2.67. The predicted molar refractivity (Wildman–Crippen MR) is 118 cm³/mol. The Hall–Kier alpha value is -2.80. The van der Waals surface area contributed by atoms with Crippen LogP contribution in [0.4, 0.5) is 14.9 Å². The molecule has 170 valence electrons. The molecule has 0 aliphatic carbocycles. The molecular weight excluding hydrogens is 423 g/mol. The van der Waals surface area contributed by atoms with Crippen molar-refractivity contribution in [2.45, 2.75) is 52.7 Å². The van der Waals surface area contributed by atoms with E-state index >= 15 is 4.39 Å². The highest BCUT2D eigenvalue weighted by Gasteiger charge is 2.43. The van der Waals surface area contributed by atoms with E-state index in [4.69, 9.17) is 10.5 Å². The number of anilines is 1. The lowest BCUT2D eigenvalue weighted by atomic mass is 9.92. The average molecular weight is 453 g/mol. The van der Waals surface area contributed by atoms with Crippen molar-refractivity contribution in [3.05, 3.63) is 29.1 Å². The summed E-state index contributed by atoms with van der Waals surface area (Å²) in [6.45, 7) is 10.3. The van der Waals surface area contributed by atoms with Gasteiger partial charge in [-0.05, 0) is 39.8 Å². The molecule has 0 radical (unpaired) electrons. The number of benzene rings is 1. The number of carbonyl (C=O) groups is 1. The molecule has 0 saturated heterocycles. The fourth-order valence-electron chi connectivity index (χ4n) is 2.89. The van der Waals surface area contributed by atoms with E-state index in [1.54, 1.807) is 20.8 Å². The van der Waals surface area contributed by atoms with E-state index in [9.17, 15) is 13.2 Å². The van der Waals surface area contributed by atoms with Crippen molar-refractivity contribution in [2.75, 3.05) is 18.5 Å². The number of nitrogens with one attached hydrogen (secondary N) is 1. The number of nitrogen functional groups attached to an aromatic ring is 1. The summed E-state index contributed by atoms with van der Waals surface area (Å²) < 4.78 is 46.6. The van der Waals surface area contributed by atoms with E-state index in [-0.39, 0.29) is 23.1 Å². The average Bonchev–Trinajstić information content (AvgIpc) is 2.57. The maximum atomic E-state index is 15.0. The molecule has 2 rings (SSSR count). The number of hydrogen-bond donors (Lipinski definition) is 2. The number of halogens is 1. The van der Waals surface area contributed by atoms with Crippen molar-refractivity contribution in [1.82, 2.24) is 9.62 Å². The van der Waals surface area contributed by atoms with E-state index < -0.39 is 38.8 Å². The van der Waals surface area contributed by atoms with Gasteiger partial charge < -0.3 is 10.5 Å². The van der Waals surface area contributed by atoms with Crippen LogP contribution in [-0.2, 0) is 20.3 Å². The van der Waals surface area contributed by atoms with E-state index in [0.717, 1.165) is 4.31 Å². The van der Waals surface area contributed by atoms with Crippen LogP contribution in [0.3, 0.4) is 0 Å². The van der Waals surface area contributed by atoms with Gasteiger partial charge in [-0.1, -0.05) is 25.7 Å². The van der Waals surface area contributed by atoms with Gasteiger partial charge in [0, 0.05) is 24.2 Å². The largest absolute Gasteiger partial charge is 0.444 e. The Morgan fingerprint density at radius 1 is 1.39 bits per heavy atom. The second-order valence-corrected chi connectivity index (χ2v) is 10.9. The molecule has 1 aromatic carbocycles. The quantitative estimate of drug-likeness (QED) is 0.502. The third kappa shape index (κ3) is 5.88. The first-order valence-electron chi connectivity index (χ1n) is 9.71. The van der Waals surface area contributed by atoms with Crippen LogP contribution in [-0.4, -0.2) is 43.2 Å². The molecule has 1 heterocycles. The fraction of sp³-hybridized carbons (Fsp3) is 0.524. The number of carbonyl (C=O) groups excluding carboxylic acids is 1. The number of rotatable bonds is 1. The zero-order valence-corrected chi connectivity index (χ0v) is 19.6. The highest BCUT2D eigenvalue weighted by molar-refractivity contribution is 7.89. The summed E-state index contributed by atoms with van der Waals surface area (Å²) in [4.78, 5) is 16.5. The number of sulfonamides is 1. The number of nitrogens with two attached hydrogens (primary N) is 1. The molecule has 0 fully saturated rings. The van der Waals surface area contributed by atoms with Gasteiger partial charge in [-0.15, -0.1) is 0 Å². The van der Waals surface area contributed by atoms with Crippen LogP contribution in [0.25, 0.3) is 0 Å². The van der Waals surface area contributed by atoms with Crippen molar-refractivity contribution in [3.8, 4) is 11.8 Å². The van der Waals surface area contributed by atoms with Gasteiger partial charge in [-0.2, -0.15) is 0 Å². The van der Waals surface area contributed by atoms with Crippen LogP contribution < -0.4 is 11.1 Å². The Morgan fingerprint density at radius 2 is 2.00 bits per heavy atom. The van der Waals surface area contributed by atoms with Crippen LogP contribution in [0.1, 0.15) is 52.7 Å². The van der Waals surface area contributed by atoms with Crippen molar-refractivity contribution in [1.29, 1.82) is 0 Å². The van der Waals surface area contributed by atoms with Crippen LogP contribution in [0.2, 0.25) is 0 Å². The predicted octanol–water partition coefficient (Wildman–Crippen LogP) is 2.79. The highest BCUT2D eigenvalue weighted by Crippen LogP contribution is 2.35. The third-order valence-corrected chi connectivity index (χ3v) is 6.29. The van der Waals surface area contributed by atoms with Crippen LogP contribution in [0.5, 0.6) is 0 Å². The van der Waals surface area contributed by atoms with Crippen molar-refractivity contribution in [2.24, 2.45) is 10.9 Å². The summed E-state index contributed by atoms with van der Waals surface area (Å²) in [5.41, 5.74) is 4.23. The van der Waals surface area contributed by atoms with Crippen LogP contribution in [0.15, 0.2) is 17.1 Å². The molecule has 1 aliphatic heterocycles. The number of amides is 1. The molecule has 1 atom stereocenters. The number of ether oxygens (including phenoxy) is 1. The molecule has 3 N–H and O–H groups in total. The molecule has 0 aromatic heterocycles. The van der Waals surface area contributed by atoms with E-state index in [2.05, 4.69) is 22.2 Å². The normalized spacial score (nSPS) is 20.5. The maximum absolute atomic E-state index is 15.0. The molecule has 0 unspecified atom stereocenters. The standard InChI is InChI=1S/C21H29FN4O4S/c1-13(2)8-9-14-10-16(22)15(11-17(14)23)21(6)12-31(28,29)26(7)18(25-21)24-19(27)30-20(3,4)5/h10-11,13H,12,23H2,1-7H3,(H,24,25,27)/t21-/m0/s1. The van der Waals surface area contributed by atoms with Gasteiger partial charge >= 0.3 is 6.09 Å². The first kappa shape index (κ1) is 24.5. The lowest BCUT2D eigenvalue weighted by Gasteiger charge is -2.36. The summed E-state index contributed by atoms with van der Waals surface area (Å²) in [6.07, 6.45) is -0.878. The highest BCUT2D eigenvalue weighted by atomic mass is 32.2. The summed E-state index contributed by atoms with van der Waals surface area (Å²) in [6, 6.07) is 2.52. The number of nitrogens with zero attached hydrogens (tertiary/aromatic N) is 2. The minimum absolute atomic E-state index is 0.0136.